The Labute approximate surface area is 211 Å². The van der Waals surface area contributed by atoms with Crippen molar-refractivity contribution in [3.8, 4) is 11.5 Å². The Balaban J connectivity index is 1.78. The highest BCUT2D eigenvalue weighted by Gasteiger charge is 2.52. The van der Waals surface area contributed by atoms with E-state index in [-0.39, 0.29) is 4.90 Å². The van der Waals surface area contributed by atoms with Crippen molar-refractivity contribution < 1.29 is 23.1 Å². The minimum Gasteiger partial charge on any atom is -0.457 e. The number of halogens is 1. The van der Waals surface area contributed by atoms with E-state index in [2.05, 4.69) is 25.6 Å². The molecular weight excluding hydrogens is 542 g/mol. The van der Waals surface area contributed by atoms with Crippen LogP contribution in [0, 0.1) is 0 Å². The molecule has 1 heterocycles. The fraction of sp³-hybridized carbons (Fsp3) is 0.217. The molecule has 4 N–H and O–H groups in total. The molecule has 0 saturated carbocycles. The van der Waals surface area contributed by atoms with Crippen LogP contribution in [0.2, 0.25) is 0 Å². The van der Waals surface area contributed by atoms with Crippen molar-refractivity contribution in [3.63, 3.8) is 0 Å². The first kappa shape index (κ1) is 26.2. The molecule has 0 radical (unpaired) electrons. The number of sulfonamides is 1. The van der Waals surface area contributed by atoms with Gasteiger partial charge in [-0.2, -0.15) is 4.72 Å². The fourth-order valence-electron chi connectivity index (χ4n) is 2.89. The Hall–Kier alpha value is -2.44. The first-order chi connectivity index (χ1) is 15.9. The maximum absolute atomic E-state index is 13.0. The summed E-state index contributed by atoms with van der Waals surface area (Å²) in [7, 11) is -4.32. The first-order valence-corrected chi connectivity index (χ1v) is 13.3. The molecule has 34 heavy (non-hydrogen) atoms. The number of thioether (sulfide) groups is 1. The van der Waals surface area contributed by atoms with Crippen LogP contribution in [0.25, 0.3) is 0 Å². The summed E-state index contributed by atoms with van der Waals surface area (Å²) in [4.78, 5) is 16.3. The van der Waals surface area contributed by atoms with Crippen molar-refractivity contribution in [2.75, 3.05) is 0 Å². The summed E-state index contributed by atoms with van der Waals surface area (Å²) in [6.45, 7) is 3.06. The summed E-state index contributed by atoms with van der Waals surface area (Å²) in [5.74, 6) is 0.0990. The van der Waals surface area contributed by atoms with Crippen LogP contribution in [-0.4, -0.2) is 34.9 Å². The van der Waals surface area contributed by atoms with Crippen LogP contribution in [0.4, 0.5) is 0 Å². The molecule has 0 spiro atoms. The van der Waals surface area contributed by atoms with Gasteiger partial charge in [-0.1, -0.05) is 22.0 Å². The third kappa shape index (κ3) is 6.16. The number of nitrogens with one attached hydrogen (secondary N) is 1. The topological polar surface area (TPSA) is 132 Å². The summed E-state index contributed by atoms with van der Waals surface area (Å²) in [5.41, 5.74) is 3.60. The number of hydrogen-bond acceptors (Lipinski definition) is 7. The number of nitrogens with zero attached hydrogens (tertiary/aromatic N) is 1. The van der Waals surface area contributed by atoms with Crippen molar-refractivity contribution in [2.45, 2.75) is 35.0 Å². The molecule has 0 fully saturated rings. The quantitative estimate of drug-likeness (QED) is 0.318. The van der Waals surface area contributed by atoms with E-state index in [9.17, 15) is 18.3 Å². The molecule has 0 saturated heterocycles. The Kier molecular flexibility index (Phi) is 8.04. The van der Waals surface area contributed by atoms with Gasteiger partial charge < -0.3 is 15.6 Å². The lowest BCUT2D eigenvalue weighted by molar-refractivity contribution is -0.140. The zero-order valence-corrected chi connectivity index (χ0v) is 21.7. The molecule has 0 aliphatic rings. The molecule has 0 aliphatic heterocycles. The number of amides is 1. The fourth-order valence-corrected chi connectivity index (χ4v) is 5.62. The van der Waals surface area contributed by atoms with Crippen LogP contribution in [0.3, 0.4) is 0 Å². The standard InChI is InChI=1S/C23H24BrN3O5S2/c1-22(2,33-15-17-5-3-4-14-26-17)23(29,21(25)28)27-34(30,31)20-12-10-19(11-13-20)32-18-8-6-16(24)7-9-18/h3-14,27,29H,15H2,1-2H3,(H2,25,28). The predicted octanol–water partition coefficient (Wildman–Crippen LogP) is 3.80. The van der Waals surface area contributed by atoms with Crippen molar-refractivity contribution in [2.24, 2.45) is 5.73 Å². The molecule has 0 aliphatic carbocycles. The molecule has 2 aromatic carbocycles. The lowest BCUT2D eigenvalue weighted by Crippen LogP contribution is -2.67. The number of ether oxygens (including phenoxy) is 1. The number of aromatic nitrogens is 1. The number of carbonyl (C=O) groups is 1. The lowest BCUT2D eigenvalue weighted by Gasteiger charge is -2.39. The maximum Gasteiger partial charge on any atom is 0.267 e. The number of carbonyl (C=O) groups excluding carboxylic acids is 1. The van der Waals surface area contributed by atoms with Crippen molar-refractivity contribution in [3.05, 3.63) is 83.1 Å². The molecule has 3 rings (SSSR count). The number of aliphatic hydroxyl groups is 1. The Morgan fingerprint density at radius 2 is 1.68 bits per heavy atom. The molecule has 1 aromatic heterocycles. The minimum absolute atomic E-state index is 0.166. The van der Waals surface area contributed by atoms with E-state index in [1.54, 1.807) is 30.5 Å². The second-order valence-corrected chi connectivity index (χ2v) is 12.0. The summed E-state index contributed by atoms with van der Waals surface area (Å²) in [6.07, 6.45) is 1.62. The average molecular weight is 566 g/mol. The zero-order chi connectivity index (χ0) is 25.0. The van der Waals surface area contributed by atoms with E-state index < -0.39 is 26.4 Å². The zero-order valence-electron chi connectivity index (χ0n) is 18.4. The molecule has 1 atom stereocenters. The van der Waals surface area contributed by atoms with Gasteiger partial charge in [0.05, 0.1) is 15.3 Å². The van der Waals surface area contributed by atoms with Gasteiger partial charge in [-0.05, 0) is 74.5 Å². The van der Waals surface area contributed by atoms with Gasteiger partial charge in [-0.3, -0.25) is 9.78 Å². The number of benzene rings is 2. The predicted molar refractivity (Wildman–Crippen MR) is 135 cm³/mol. The number of pyridine rings is 1. The molecule has 8 nitrogen and oxygen atoms in total. The molecular formula is C23H24BrN3O5S2. The summed E-state index contributed by atoms with van der Waals surface area (Å²) in [6, 6.07) is 18.1. The first-order valence-electron chi connectivity index (χ1n) is 10.1. The van der Waals surface area contributed by atoms with Gasteiger partial charge in [-0.25, -0.2) is 8.42 Å². The Morgan fingerprint density at radius 1 is 1.09 bits per heavy atom. The van der Waals surface area contributed by atoms with E-state index in [0.29, 0.717) is 22.9 Å². The van der Waals surface area contributed by atoms with E-state index in [1.165, 1.54) is 38.1 Å². The molecule has 3 aromatic rings. The minimum atomic E-state index is -4.32. The van der Waals surface area contributed by atoms with Crippen LogP contribution in [0.15, 0.2) is 82.3 Å². The number of nitrogens with two attached hydrogens (primary N) is 1. The third-order valence-corrected chi connectivity index (χ3v) is 8.44. The average Bonchev–Trinajstić information content (AvgIpc) is 2.80. The van der Waals surface area contributed by atoms with Gasteiger partial charge in [0, 0.05) is 16.4 Å². The van der Waals surface area contributed by atoms with Gasteiger partial charge in [-0.15, -0.1) is 11.8 Å². The number of hydrogen-bond donors (Lipinski definition) is 3. The summed E-state index contributed by atoms with van der Waals surface area (Å²) >= 11 is 4.49. The normalized spacial score (nSPS) is 13.8. The number of rotatable bonds is 10. The SMILES string of the molecule is CC(C)(SCc1ccccn1)C(O)(NS(=O)(=O)c1ccc(Oc2ccc(Br)cc2)cc1)C(N)=O. The van der Waals surface area contributed by atoms with Crippen LogP contribution >= 0.6 is 27.7 Å². The van der Waals surface area contributed by atoms with Crippen LogP contribution in [0.1, 0.15) is 19.5 Å². The molecule has 1 unspecified atom stereocenters. The van der Waals surface area contributed by atoms with Crippen molar-refractivity contribution in [1.82, 2.24) is 9.71 Å². The smallest absolute Gasteiger partial charge is 0.267 e. The third-order valence-electron chi connectivity index (χ3n) is 5.00. The van der Waals surface area contributed by atoms with Gasteiger partial charge in [0.1, 0.15) is 11.5 Å². The Morgan fingerprint density at radius 3 is 2.21 bits per heavy atom. The van der Waals surface area contributed by atoms with E-state index in [1.807, 2.05) is 18.2 Å². The molecule has 0 bridgehead atoms. The van der Waals surface area contributed by atoms with Gasteiger partial charge >= 0.3 is 0 Å². The van der Waals surface area contributed by atoms with E-state index in [0.717, 1.165) is 16.2 Å². The largest absolute Gasteiger partial charge is 0.457 e. The summed E-state index contributed by atoms with van der Waals surface area (Å²) < 4.78 is 33.4. The second kappa shape index (κ2) is 10.4. The second-order valence-electron chi connectivity index (χ2n) is 7.83. The highest BCUT2D eigenvalue weighted by Crippen LogP contribution is 2.37. The molecule has 1 amide bonds. The lowest BCUT2D eigenvalue weighted by atomic mass is 9.99. The van der Waals surface area contributed by atoms with Gasteiger partial charge in [0.2, 0.25) is 15.7 Å². The highest BCUT2D eigenvalue weighted by atomic mass is 79.9. The van der Waals surface area contributed by atoms with Crippen LogP contribution < -0.4 is 15.2 Å². The van der Waals surface area contributed by atoms with Gasteiger partial charge in [0.15, 0.2) is 0 Å². The summed E-state index contributed by atoms with van der Waals surface area (Å²) in [5, 5.41) is 11.1. The van der Waals surface area contributed by atoms with Gasteiger partial charge in [0.25, 0.3) is 5.91 Å². The van der Waals surface area contributed by atoms with E-state index in [4.69, 9.17) is 10.5 Å². The molecule has 180 valence electrons. The van der Waals surface area contributed by atoms with Crippen LogP contribution in [-0.2, 0) is 20.6 Å². The maximum atomic E-state index is 13.0. The highest BCUT2D eigenvalue weighted by molar-refractivity contribution is 9.10. The van der Waals surface area contributed by atoms with Crippen LogP contribution in [0.5, 0.6) is 11.5 Å². The molecule has 11 heteroatoms. The van der Waals surface area contributed by atoms with Crippen molar-refractivity contribution >= 4 is 43.6 Å². The van der Waals surface area contributed by atoms with Crippen molar-refractivity contribution in [1.29, 1.82) is 0 Å². The number of primary amides is 1. The monoisotopic (exact) mass is 565 g/mol. The Bertz CT molecular complexity index is 1240. The van der Waals surface area contributed by atoms with E-state index >= 15 is 0 Å².